The van der Waals surface area contributed by atoms with E-state index in [-0.39, 0.29) is 17.0 Å². The number of ketones is 1. The Bertz CT molecular complexity index is 1140. The number of carbonyl (C=O) groups is 1. The van der Waals surface area contributed by atoms with Crippen LogP contribution in [0.1, 0.15) is 40.0 Å². The van der Waals surface area contributed by atoms with E-state index in [9.17, 15) is 10.1 Å². The van der Waals surface area contributed by atoms with Crippen LogP contribution in [0.5, 0.6) is 0 Å². The third-order valence-corrected chi connectivity index (χ3v) is 6.13. The molecule has 0 aliphatic carbocycles. The van der Waals surface area contributed by atoms with Gasteiger partial charge in [0.1, 0.15) is 17.5 Å². The SMILES string of the molecule is Cc1ccc(C(=O)c2nn(-c3ccc(Cl)cc3)c(NCC3CCCN(C)C3)c2C#N)cc1. The van der Waals surface area contributed by atoms with E-state index < -0.39 is 0 Å². The first-order chi connectivity index (χ1) is 15.5. The predicted octanol–water partition coefficient (Wildman–Crippen LogP) is 4.69. The van der Waals surface area contributed by atoms with Crippen LogP contribution in [0.2, 0.25) is 5.02 Å². The van der Waals surface area contributed by atoms with Crippen LogP contribution in [0.15, 0.2) is 48.5 Å². The number of rotatable bonds is 6. The molecule has 0 bridgehead atoms. The van der Waals surface area contributed by atoms with Crippen molar-refractivity contribution >= 4 is 23.2 Å². The van der Waals surface area contributed by atoms with E-state index >= 15 is 0 Å². The van der Waals surface area contributed by atoms with Gasteiger partial charge in [-0.2, -0.15) is 10.4 Å². The number of nitrogens with zero attached hydrogens (tertiary/aromatic N) is 4. The van der Waals surface area contributed by atoms with Gasteiger partial charge in [-0.15, -0.1) is 0 Å². The summed E-state index contributed by atoms with van der Waals surface area (Å²) in [5, 5.41) is 18.6. The highest BCUT2D eigenvalue weighted by molar-refractivity contribution is 6.30. The van der Waals surface area contributed by atoms with Gasteiger partial charge in [0.15, 0.2) is 5.69 Å². The topological polar surface area (TPSA) is 74.0 Å². The Morgan fingerprint density at radius 3 is 2.59 bits per heavy atom. The van der Waals surface area contributed by atoms with Crippen LogP contribution in [0.3, 0.4) is 0 Å². The number of nitriles is 1. The highest BCUT2D eigenvalue weighted by atomic mass is 35.5. The van der Waals surface area contributed by atoms with Gasteiger partial charge in [-0.05, 0) is 63.5 Å². The molecule has 3 aromatic rings. The number of hydrogen-bond acceptors (Lipinski definition) is 5. The third-order valence-electron chi connectivity index (χ3n) is 5.88. The number of piperidine rings is 1. The van der Waals surface area contributed by atoms with Gasteiger partial charge < -0.3 is 10.2 Å². The van der Waals surface area contributed by atoms with Crippen molar-refractivity contribution in [3.63, 3.8) is 0 Å². The molecule has 1 fully saturated rings. The van der Waals surface area contributed by atoms with Gasteiger partial charge in [-0.3, -0.25) is 4.79 Å². The summed E-state index contributed by atoms with van der Waals surface area (Å²) in [6, 6.07) is 16.7. The Morgan fingerprint density at radius 1 is 1.22 bits per heavy atom. The van der Waals surface area contributed by atoms with Gasteiger partial charge in [0, 0.05) is 23.7 Å². The number of halogens is 1. The monoisotopic (exact) mass is 447 g/mol. The van der Waals surface area contributed by atoms with Crippen LogP contribution < -0.4 is 5.32 Å². The highest BCUT2D eigenvalue weighted by Gasteiger charge is 2.26. The molecule has 1 aliphatic rings. The summed E-state index contributed by atoms with van der Waals surface area (Å²) >= 11 is 6.07. The summed E-state index contributed by atoms with van der Waals surface area (Å²) in [6.07, 6.45) is 2.28. The van der Waals surface area contributed by atoms with Crippen LogP contribution >= 0.6 is 11.6 Å². The molecule has 0 saturated carbocycles. The maximum absolute atomic E-state index is 13.3. The van der Waals surface area contributed by atoms with E-state index in [0.29, 0.717) is 28.9 Å². The molecule has 32 heavy (non-hydrogen) atoms. The lowest BCUT2D eigenvalue weighted by Gasteiger charge is -2.30. The lowest BCUT2D eigenvalue weighted by molar-refractivity contribution is 0.103. The first-order valence-corrected chi connectivity index (χ1v) is 11.2. The zero-order valence-electron chi connectivity index (χ0n) is 18.3. The summed E-state index contributed by atoms with van der Waals surface area (Å²) in [5.41, 5.74) is 2.71. The average molecular weight is 448 g/mol. The summed E-state index contributed by atoms with van der Waals surface area (Å²) < 4.78 is 1.64. The molecule has 164 valence electrons. The molecule has 1 saturated heterocycles. The molecule has 6 nitrogen and oxygen atoms in total. The van der Waals surface area contributed by atoms with Crippen molar-refractivity contribution in [1.29, 1.82) is 5.26 Å². The first kappa shape index (κ1) is 22.1. The smallest absolute Gasteiger partial charge is 0.214 e. The van der Waals surface area contributed by atoms with Crippen molar-refractivity contribution in [1.82, 2.24) is 14.7 Å². The van der Waals surface area contributed by atoms with Crippen LogP contribution in [0, 0.1) is 24.2 Å². The molecule has 1 N–H and O–H groups in total. The minimum atomic E-state index is -0.269. The average Bonchev–Trinajstić information content (AvgIpc) is 3.16. The van der Waals surface area contributed by atoms with E-state index in [1.54, 1.807) is 28.9 Å². The molecule has 4 rings (SSSR count). The number of hydrogen-bond donors (Lipinski definition) is 1. The van der Waals surface area contributed by atoms with E-state index in [4.69, 9.17) is 11.6 Å². The summed E-state index contributed by atoms with van der Waals surface area (Å²) in [5.74, 6) is 0.735. The quantitative estimate of drug-likeness (QED) is 0.555. The van der Waals surface area contributed by atoms with Crippen LogP contribution in [-0.2, 0) is 0 Å². The van der Waals surface area contributed by atoms with Gasteiger partial charge in [-0.1, -0.05) is 41.4 Å². The number of anilines is 1. The van der Waals surface area contributed by atoms with Crippen LogP contribution in [0.25, 0.3) is 5.69 Å². The summed E-state index contributed by atoms with van der Waals surface area (Å²) in [4.78, 5) is 15.6. The second-order valence-corrected chi connectivity index (χ2v) is 8.86. The zero-order chi connectivity index (χ0) is 22.7. The van der Waals surface area contributed by atoms with E-state index in [1.807, 2.05) is 31.2 Å². The molecule has 1 atom stereocenters. The van der Waals surface area contributed by atoms with Crippen molar-refractivity contribution in [3.8, 4) is 11.8 Å². The molecule has 2 heterocycles. The molecular weight excluding hydrogens is 422 g/mol. The Morgan fingerprint density at radius 2 is 1.94 bits per heavy atom. The molecule has 0 spiro atoms. The Kier molecular flexibility index (Phi) is 6.59. The first-order valence-electron chi connectivity index (χ1n) is 10.8. The van der Waals surface area contributed by atoms with E-state index in [0.717, 1.165) is 37.2 Å². The van der Waals surface area contributed by atoms with Crippen molar-refractivity contribution in [2.75, 3.05) is 32.0 Å². The lowest BCUT2D eigenvalue weighted by atomic mass is 9.98. The van der Waals surface area contributed by atoms with Gasteiger partial charge in [0.2, 0.25) is 5.78 Å². The number of nitrogens with one attached hydrogen (secondary N) is 1. The summed E-state index contributed by atoms with van der Waals surface area (Å²) in [7, 11) is 2.13. The normalized spacial score (nSPS) is 16.5. The zero-order valence-corrected chi connectivity index (χ0v) is 19.1. The fourth-order valence-corrected chi connectivity index (χ4v) is 4.26. The van der Waals surface area contributed by atoms with Crippen LogP contribution in [-0.4, -0.2) is 47.1 Å². The number of aryl methyl sites for hydroxylation is 1. The Balaban J connectivity index is 1.73. The number of likely N-dealkylation sites (tertiary alicyclic amines) is 1. The minimum absolute atomic E-state index is 0.148. The number of carbonyl (C=O) groups excluding carboxylic acids is 1. The maximum atomic E-state index is 13.3. The van der Waals surface area contributed by atoms with Gasteiger partial charge in [0.05, 0.1) is 5.69 Å². The minimum Gasteiger partial charge on any atom is -0.369 e. The standard InChI is InChI=1S/C25H26ClN5O/c1-17-5-7-19(8-6-17)24(32)23-22(14-27)25(28-15-18-4-3-13-30(2)16-18)31(29-23)21-11-9-20(26)10-12-21/h5-12,18,28H,3-4,13,15-16H2,1-2H3. The van der Waals surface area contributed by atoms with Crippen LogP contribution in [0.4, 0.5) is 5.82 Å². The van der Waals surface area contributed by atoms with Crippen molar-refractivity contribution in [2.24, 2.45) is 5.92 Å². The third kappa shape index (κ3) is 4.69. The molecular formula is C25H26ClN5O. The molecule has 0 amide bonds. The maximum Gasteiger partial charge on any atom is 0.214 e. The fourth-order valence-electron chi connectivity index (χ4n) is 4.14. The van der Waals surface area contributed by atoms with Crippen molar-refractivity contribution in [3.05, 3.63) is 75.9 Å². The number of benzene rings is 2. The second kappa shape index (κ2) is 9.56. The van der Waals surface area contributed by atoms with Gasteiger partial charge >= 0.3 is 0 Å². The Hall–Kier alpha value is -3.14. The van der Waals surface area contributed by atoms with Crippen molar-refractivity contribution in [2.45, 2.75) is 19.8 Å². The fraction of sp³-hybridized carbons (Fsp3) is 0.320. The lowest BCUT2D eigenvalue weighted by Crippen LogP contribution is -2.35. The van der Waals surface area contributed by atoms with Gasteiger partial charge in [-0.25, -0.2) is 4.68 Å². The Labute approximate surface area is 193 Å². The molecule has 1 aliphatic heterocycles. The summed E-state index contributed by atoms with van der Waals surface area (Å²) in [6.45, 7) is 4.78. The molecule has 2 aromatic carbocycles. The van der Waals surface area contributed by atoms with Gasteiger partial charge in [0.25, 0.3) is 0 Å². The second-order valence-electron chi connectivity index (χ2n) is 8.42. The molecule has 0 radical (unpaired) electrons. The number of aromatic nitrogens is 2. The molecule has 1 unspecified atom stereocenters. The predicted molar refractivity (Wildman–Crippen MR) is 127 cm³/mol. The molecule has 7 heteroatoms. The highest BCUT2D eigenvalue weighted by Crippen LogP contribution is 2.27. The molecule has 1 aromatic heterocycles. The van der Waals surface area contributed by atoms with Crippen molar-refractivity contribution < 1.29 is 4.79 Å². The van der Waals surface area contributed by atoms with E-state index in [2.05, 4.69) is 28.4 Å². The largest absolute Gasteiger partial charge is 0.369 e. The van der Waals surface area contributed by atoms with E-state index in [1.165, 1.54) is 0 Å².